The number of carbonyl (C=O) groups excluding carboxylic acids is 3. The number of nitrogens with zero attached hydrogens (tertiary/aromatic N) is 2. The quantitative estimate of drug-likeness (QED) is 0.291. The number of para-hydroxylation sites is 1. The summed E-state index contributed by atoms with van der Waals surface area (Å²) < 4.78 is 15.2. The summed E-state index contributed by atoms with van der Waals surface area (Å²) in [7, 11) is 0. The molecular weight excluding hydrogens is 519 g/mol. The van der Waals surface area contributed by atoms with Gasteiger partial charge in [0, 0.05) is 22.4 Å². The van der Waals surface area contributed by atoms with Gasteiger partial charge in [0.1, 0.15) is 5.82 Å². The molecule has 1 heterocycles. The Morgan fingerprint density at radius 1 is 0.854 bits per heavy atom. The molecule has 206 valence electrons. The molecule has 0 aliphatic carbocycles. The summed E-state index contributed by atoms with van der Waals surface area (Å²) >= 11 is 0. The Kier molecular flexibility index (Phi) is 7.74. The van der Waals surface area contributed by atoms with Gasteiger partial charge < -0.3 is 15.5 Å². The Bertz CT molecular complexity index is 1700. The van der Waals surface area contributed by atoms with Crippen LogP contribution in [0.2, 0.25) is 0 Å². The monoisotopic (exact) mass is 548 g/mol. The van der Waals surface area contributed by atoms with Crippen LogP contribution < -0.4 is 15.5 Å². The third kappa shape index (κ3) is 5.77. The molecule has 7 nitrogen and oxygen atoms in total. The van der Waals surface area contributed by atoms with Crippen LogP contribution in [0.4, 0.5) is 20.6 Å². The predicted octanol–water partition coefficient (Wildman–Crippen LogP) is 5.97. The van der Waals surface area contributed by atoms with Crippen molar-refractivity contribution in [3.05, 3.63) is 130 Å². The Morgan fingerprint density at radius 3 is 2.29 bits per heavy atom. The first kappa shape index (κ1) is 27.5. The van der Waals surface area contributed by atoms with Crippen molar-refractivity contribution in [3.63, 3.8) is 0 Å². The number of fused-ring (bicyclic) bond motifs is 1. The Balaban J connectivity index is 1.60. The summed E-state index contributed by atoms with van der Waals surface area (Å²) in [6.07, 6.45) is -1.44. The second kappa shape index (κ2) is 11.6. The van der Waals surface area contributed by atoms with E-state index in [0.717, 1.165) is 11.1 Å². The zero-order valence-electron chi connectivity index (χ0n) is 22.9. The van der Waals surface area contributed by atoms with Crippen molar-refractivity contribution in [2.45, 2.75) is 26.9 Å². The molecule has 0 bridgehead atoms. The average molecular weight is 549 g/mol. The van der Waals surface area contributed by atoms with Gasteiger partial charge in [-0.15, -0.1) is 0 Å². The first-order valence-corrected chi connectivity index (χ1v) is 13.2. The smallest absolute Gasteiger partial charge is 0.308 e. The molecule has 2 N–H and O–H groups in total. The first-order chi connectivity index (χ1) is 19.7. The largest absolute Gasteiger partial charge is 0.321 e. The minimum Gasteiger partial charge on any atom is -0.308 e. The van der Waals surface area contributed by atoms with Gasteiger partial charge in [-0.2, -0.15) is 0 Å². The SMILES string of the molecule is Cc1cccc(NC(=O)N[C@@H]2N=C(c3ccccc3F)c3cccc(C)c3N(CC(=O)c3ccccc3C)C2=O)c1. The zero-order valence-corrected chi connectivity index (χ0v) is 22.9. The highest BCUT2D eigenvalue weighted by Crippen LogP contribution is 2.32. The standard InChI is InChI=1S/C33H29FN4O3/c1-20-10-8-13-23(18-20)35-33(41)37-31-32(40)38(19-28(39)24-14-5-4-11-21(24)2)30-22(3)12-9-16-26(30)29(36-31)25-15-6-7-17-27(25)34/h4-18,31H,19H2,1-3H3,(H2,35,37,41)/t31-/m0/s1. The van der Waals surface area contributed by atoms with Crippen LogP contribution in [0, 0.1) is 26.6 Å². The molecule has 0 fully saturated rings. The minimum atomic E-state index is -1.44. The van der Waals surface area contributed by atoms with Gasteiger partial charge in [0.15, 0.2) is 5.78 Å². The van der Waals surface area contributed by atoms with Crippen LogP contribution in [0.25, 0.3) is 0 Å². The molecular formula is C33H29FN4O3. The molecule has 4 aromatic carbocycles. The van der Waals surface area contributed by atoms with Gasteiger partial charge in [-0.3, -0.25) is 9.59 Å². The number of aliphatic imine (C=N–C) groups is 1. The average Bonchev–Trinajstić information content (AvgIpc) is 3.05. The number of carbonyl (C=O) groups is 3. The molecule has 1 atom stereocenters. The molecule has 0 radical (unpaired) electrons. The molecule has 41 heavy (non-hydrogen) atoms. The van der Waals surface area contributed by atoms with E-state index in [4.69, 9.17) is 0 Å². The maximum atomic E-state index is 15.2. The predicted molar refractivity (Wildman–Crippen MR) is 158 cm³/mol. The summed E-state index contributed by atoms with van der Waals surface area (Å²) in [6.45, 7) is 5.25. The summed E-state index contributed by atoms with van der Waals surface area (Å²) in [4.78, 5) is 46.7. The van der Waals surface area contributed by atoms with Gasteiger partial charge in [0.25, 0.3) is 5.91 Å². The lowest BCUT2D eigenvalue weighted by Gasteiger charge is -2.26. The molecule has 1 aliphatic heterocycles. The molecule has 0 saturated carbocycles. The second-order valence-corrected chi connectivity index (χ2v) is 9.96. The summed E-state index contributed by atoms with van der Waals surface area (Å²) in [5.41, 5.74) is 4.72. The number of benzene rings is 4. The number of rotatable bonds is 6. The molecule has 0 spiro atoms. The normalized spacial score (nSPS) is 14.5. The zero-order chi connectivity index (χ0) is 29.1. The van der Waals surface area contributed by atoms with Crippen LogP contribution in [0.15, 0.2) is 96.0 Å². The number of aryl methyl sites for hydroxylation is 3. The second-order valence-electron chi connectivity index (χ2n) is 9.96. The lowest BCUT2D eigenvalue weighted by Crippen LogP contribution is -2.50. The van der Waals surface area contributed by atoms with E-state index in [-0.39, 0.29) is 23.6 Å². The van der Waals surface area contributed by atoms with Gasteiger partial charge >= 0.3 is 6.03 Å². The van der Waals surface area contributed by atoms with Crippen LogP contribution in [0.5, 0.6) is 0 Å². The van der Waals surface area contributed by atoms with Gasteiger partial charge in [-0.1, -0.05) is 66.7 Å². The van der Waals surface area contributed by atoms with Gasteiger partial charge in [-0.05, 0) is 61.7 Å². The fourth-order valence-electron chi connectivity index (χ4n) is 4.97. The first-order valence-electron chi connectivity index (χ1n) is 13.2. The van der Waals surface area contributed by atoms with Crippen LogP contribution in [-0.4, -0.2) is 36.1 Å². The van der Waals surface area contributed by atoms with E-state index in [1.165, 1.54) is 11.0 Å². The fourth-order valence-corrected chi connectivity index (χ4v) is 4.97. The van der Waals surface area contributed by atoms with E-state index >= 15 is 4.39 Å². The third-order valence-corrected chi connectivity index (χ3v) is 6.94. The number of amides is 3. The van der Waals surface area contributed by atoms with E-state index in [1.54, 1.807) is 60.7 Å². The van der Waals surface area contributed by atoms with Crippen LogP contribution >= 0.6 is 0 Å². The van der Waals surface area contributed by atoms with E-state index in [9.17, 15) is 14.4 Å². The number of benzodiazepines with no additional fused rings is 1. The van der Waals surface area contributed by atoms with Crippen molar-refractivity contribution in [2.75, 3.05) is 16.8 Å². The molecule has 0 aromatic heterocycles. The Morgan fingerprint density at radius 2 is 1.54 bits per heavy atom. The Hall–Kier alpha value is -5.11. The third-order valence-electron chi connectivity index (χ3n) is 6.94. The number of Topliss-reactive ketones (excluding diaryl/α,β-unsaturated/α-hetero) is 1. The van der Waals surface area contributed by atoms with E-state index < -0.39 is 23.9 Å². The molecule has 0 saturated heterocycles. The van der Waals surface area contributed by atoms with Crippen molar-refractivity contribution in [1.82, 2.24) is 5.32 Å². The summed E-state index contributed by atoms with van der Waals surface area (Å²) in [5.74, 6) is -1.42. The van der Waals surface area contributed by atoms with Crippen molar-refractivity contribution in [3.8, 4) is 0 Å². The van der Waals surface area contributed by atoms with Crippen molar-refractivity contribution in [2.24, 2.45) is 4.99 Å². The summed E-state index contributed by atoms with van der Waals surface area (Å²) in [6, 6.07) is 25.1. The maximum Gasteiger partial charge on any atom is 0.321 e. The molecule has 0 unspecified atom stereocenters. The van der Waals surface area contributed by atoms with E-state index in [2.05, 4.69) is 15.6 Å². The molecule has 1 aliphatic rings. The molecule has 3 amide bonds. The lowest BCUT2D eigenvalue weighted by atomic mass is 9.97. The molecule has 5 rings (SSSR count). The van der Waals surface area contributed by atoms with Crippen molar-refractivity contribution < 1.29 is 18.8 Å². The van der Waals surface area contributed by atoms with Crippen LogP contribution in [-0.2, 0) is 4.79 Å². The lowest BCUT2D eigenvalue weighted by molar-refractivity contribution is -0.120. The van der Waals surface area contributed by atoms with E-state index in [0.29, 0.717) is 28.1 Å². The number of nitrogens with one attached hydrogen (secondary N) is 2. The number of urea groups is 1. The summed E-state index contributed by atoms with van der Waals surface area (Å²) in [5, 5.41) is 5.37. The van der Waals surface area contributed by atoms with Crippen LogP contribution in [0.3, 0.4) is 0 Å². The highest BCUT2D eigenvalue weighted by atomic mass is 19.1. The maximum absolute atomic E-state index is 15.2. The molecule has 4 aromatic rings. The minimum absolute atomic E-state index is 0.171. The van der Waals surface area contributed by atoms with Crippen LogP contribution in [0.1, 0.15) is 38.2 Å². The Labute approximate surface area is 237 Å². The number of anilines is 2. The fraction of sp³-hybridized carbons (Fsp3) is 0.152. The number of halogens is 1. The molecule has 8 heteroatoms. The number of ketones is 1. The highest BCUT2D eigenvalue weighted by molar-refractivity contribution is 6.22. The van der Waals surface area contributed by atoms with E-state index in [1.807, 2.05) is 45.0 Å². The topological polar surface area (TPSA) is 90.9 Å². The van der Waals surface area contributed by atoms with Gasteiger partial charge in [0.05, 0.1) is 17.9 Å². The van der Waals surface area contributed by atoms with Crippen molar-refractivity contribution >= 4 is 34.8 Å². The van der Waals surface area contributed by atoms with Gasteiger partial charge in [-0.25, -0.2) is 14.2 Å². The number of hydrogen-bond donors (Lipinski definition) is 2. The number of hydrogen-bond acceptors (Lipinski definition) is 4. The van der Waals surface area contributed by atoms with Crippen molar-refractivity contribution in [1.29, 1.82) is 0 Å². The van der Waals surface area contributed by atoms with Gasteiger partial charge in [0.2, 0.25) is 6.17 Å². The highest BCUT2D eigenvalue weighted by Gasteiger charge is 2.36.